The van der Waals surface area contributed by atoms with Crippen LogP contribution < -0.4 is 0 Å². The summed E-state index contributed by atoms with van der Waals surface area (Å²) in [6.07, 6.45) is 3.37. The molecule has 0 N–H and O–H groups in total. The molecule has 2 aromatic heterocycles. The molecule has 5 nitrogen and oxygen atoms in total. The van der Waals surface area contributed by atoms with Crippen molar-refractivity contribution in [2.24, 2.45) is 0 Å². The molecular formula is C12H11N5. The van der Waals surface area contributed by atoms with Crippen molar-refractivity contribution in [2.45, 2.75) is 13.5 Å². The summed E-state index contributed by atoms with van der Waals surface area (Å²) < 4.78 is 1.66. The van der Waals surface area contributed by atoms with Crippen LogP contribution in [0.25, 0.3) is 11.3 Å². The molecule has 0 fully saturated rings. The molecular weight excluding hydrogens is 214 g/mol. The third-order valence-electron chi connectivity index (χ3n) is 2.20. The van der Waals surface area contributed by atoms with Crippen LogP contribution in [0.1, 0.15) is 12.6 Å². The van der Waals surface area contributed by atoms with Crippen LogP contribution in [0.15, 0.2) is 36.7 Å². The van der Waals surface area contributed by atoms with Gasteiger partial charge in [0.25, 0.3) is 0 Å². The zero-order valence-electron chi connectivity index (χ0n) is 9.46. The fourth-order valence-electron chi connectivity index (χ4n) is 1.54. The van der Waals surface area contributed by atoms with E-state index in [9.17, 15) is 0 Å². The van der Waals surface area contributed by atoms with E-state index in [1.165, 1.54) is 0 Å². The van der Waals surface area contributed by atoms with Crippen molar-refractivity contribution in [1.29, 1.82) is 5.26 Å². The maximum absolute atomic E-state index is 9.02. The number of hydrogen-bond acceptors (Lipinski definition) is 4. The highest BCUT2D eigenvalue weighted by Gasteiger charge is 2.14. The number of hydrogen-bond donors (Lipinski definition) is 0. The molecule has 0 radical (unpaired) electrons. The van der Waals surface area contributed by atoms with Crippen molar-refractivity contribution >= 4 is 0 Å². The van der Waals surface area contributed by atoms with Gasteiger partial charge in [0, 0.05) is 18.0 Å². The first kappa shape index (κ1) is 11.0. The number of nitrogens with zero attached hydrogens (tertiary/aromatic N) is 5. The Balaban J connectivity index is 2.54. The molecule has 0 amide bonds. The zero-order valence-corrected chi connectivity index (χ0v) is 9.46. The van der Waals surface area contributed by atoms with E-state index in [0.717, 1.165) is 11.1 Å². The Morgan fingerprint density at radius 3 is 3.00 bits per heavy atom. The number of pyridine rings is 1. The molecule has 0 unspecified atom stereocenters. The fourth-order valence-corrected chi connectivity index (χ4v) is 1.54. The van der Waals surface area contributed by atoms with Crippen molar-refractivity contribution < 1.29 is 0 Å². The van der Waals surface area contributed by atoms with Crippen LogP contribution in [-0.2, 0) is 6.54 Å². The lowest BCUT2D eigenvalue weighted by Crippen LogP contribution is -2.03. The topological polar surface area (TPSA) is 67.4 Å². The van der Waals surface area contributed by atoms with Gasteiger partial charge in [-0.25, -0.2) is 4.68 Å². The fraction of sp³-hybridized carbons (Fsp3) is 0.167. The van der Waals surface area contributed by atoms with Crippen LogP contribution >= 0.6 is 0 Å². The van der Waals surface area contributed by atoms with Gasteiger partial charge in [-0.3, -0.25) is 4.98 Å². The third-order valence-corrected chi connectivity index (χ3v) is 2.20. The van der Waals surface area contributed by atoms with Crippen LogP contribution in [0, 0.1) is 11.3 Å². The SMILES string of the molecule is C=C(C)Cn1nnc(C#N)c1-c1cccnc1. The Kier molecular flexibility index (Phi) is 2.97. The predicted molar refractivity (Wildman–Crippen MR) is 62.8 cm³/mol. The average molecular weight is 225 g/mol. The van der Waals surface area contributed by atoms with Crippen molar-refractivity contribution in [3.05, 3.63) is 42.4 Å². The Labute approximate surface area is 99.0 Å². The van der Waals surface area contributed by atoms with E-state index in [1.54, 1.807) is 17.1 Å². The lowest BCUT2D eigenvalue weighted by molar-refractivity contribution is 0.649. The normalized spacial score (nSPS) is 9.88. The second-order valence-corrected chi connectivity index (χ2v) is 3.75. The van der Waals surface area contributed by atoms with Gasteiger partial charge in [0.05, 0.1) is 6.54 Å². The van der Waals surface area contributed by atoms with Crippen molar-refractivity contribution in [2.75, 3.05) is 0 Å². The van der Waals surface area contributed by atoms with Gasteiger partial charge in [-0.15, -0.1) is 5.10 Å². The molecule has 2 heterocycles. The first-order chi connectivity index (χ1) is 8.22. The number of aromatic nitrogens is 4. The second-order valence-electron chi connectivity index (χ2n) is 3.75. The van der Waals surface area contributed by atoms with E-state index in [1.807, 2.05) is 25.1 Å². The van der Waals surface area contributed by atoms with Gasteiger partial charge in [0.1, 0.15) is 11.8 Å². The highest BCUT2D eigenvalue weighted by molar-refractivity contribution is 5.63. The van der Waals surface area contributed by atoms with Crippen molar-refractivity contribution in [1.82, 2.24) is 20.0 Å². The van der Waals surface area contributed by atoms with E-state index in [-0.39, 0.29) is 0 Å². The quantitative estimate of drug-likeness (QED) is 0.747. The van der Waals surface area contributed by atoms with Crippen LogP contribution in [0.3, 0.4) is 0 Å². The first-order valence-corrected chi connectivity index (χ1v) is 5.10. The van der Waals surface area contributed by atoms with Gasteiger partial charge < -0.3 is 0 Å². The predicted octanol–water partition coefficient (Wildman–Crippen LogP) is 1.79. The summed E-state index contributed by atoms with van der Waals surface area (Å²) in [5.41, 5.74) is 2.77. The maximum atomic E-state index is 9.02. The molecule has 84 valence electrons. The molecule has 0 bridgehead atoms. The van der Waals surface area contributed by atoms with Crippen LogP contribution in [-0.4, -0.2) is 20.0 Å². The summed E-state index contributed by atoms with van der Waals surface area (Å²) in [5, 5.41) is 16.8. The smallest absolute Gasteiger partial charge is 0.190 e. The summed E-state index contributed by atoms with van der Waals surface area (Å²) >= 11 is 0. The second kappa shape index (κ2) is 4.58. The third kappa shape index (κ3) is 2.21. The molecule has 2 aromatic rings. The Hall–Kier alpha value is -2.48. The Bertz CT molecular complexity index is 577. The van der Waals surface area contributed by atoms with Gasteiger partial charge in [0.2, 0.25) is 0 Å². The van der Waals surface area contributed by atoms with E-state index < -0.39 is 0 Å². The summed E-state index contributed by atoms with van der Waals surface area (Å²) in [4.78, 5) is 4.04. The van der Waals surface area contributed by atoms with Crippen molar-refractivity contribution in [3.8, 4) is 17.3 Å². The summed E-state index contributed by atoms with van der Waals surface area (Å²) in [6.45, 7) is 6.28. The van der Waals surface area contributed by atoms with Gasteiger partial charge in [-0.1, -0.05) is 17.4 Å². The van der Waals surface area contributed by atoms with E-state index >= 15 is 0 Å². The van der Waals surface area contributed by atoms with Gasteiger partial charge in [0.15, 0.2) is 5.69 Å². The van der Waals surface area contributed by atoms with E-state index in [0.29, 0.717) is 17.9 Å². The van der Waals surface area contributed by atoms with Crippen LogP contribution in [0.2, 0.25) is 0 Å². The largest absolute Gasteiger partial charge is 0.264 e. The number of nitriles is 1. The van der Waals surface area contributed by atoms with Gasteiger partial charge in [-0.05, 0) is 19.1 Å². The number of rotatable bonds is 3. The maximum Gasteiger partial charge on any atom is 0.190 e. The molecule has 0 aliphatic rings. The van der Waals surface area contributed by atoms with E-state index in [4.69, 9.17) is 5.26 Å². The molecule has 0 spiro atoms. The Morgan fingerprint density at radius 2 is 2.41 bits per heavy atom. The van der Waals surface area contributed by atoms with E-state index in [2.05, 4.69) is 21.9 Å². The summed E-state index contributed by atoms with van der Waals surface area (Å²) in [6, 6.07) is 5.73. The standard InChI is InChI=1S/C12H11N5/c1-9(2)8-17-12(11(6-13)15-16-17)10-4-3-5-14-7-10/h3-5,7H,1,8H2,2H3. The molecule has 0 aliphatic carbocycles. The molecule has 0 aliphatic heterocycles. The monoisotopic (exact) mass is 225 g/mol. The highest BCUT2D eigenvalue weighted by atomic mass is 15.4. The average Bonchev–Trinajstić information content (AvgIpc) is 2.72. The molecule has 0 saturated carbocycles. The van der Waals surface area contributed by atoms with Crippen molar-refractivity contribution in [3.63, 3.8) is 0 Å². The number of allylic oxidation sites excluding steroid dienone is 1. The van der Waals surface area contributed by atoms with Crippen LogP contribution in [0.4, 0.5) is 0 Å². The zero-order chi connectivity index (χ0) is 12.3. The molecule has 0 saturated heterocycles. The molecule has 17 heavy (non-hydrogen) atoms. The first-order valence-electron chi connectivity index (χ1n) is 5.10. The lowest BCUT2D eigenvalue weighted by Gasteiger charge is -2.05. The minimum absolute atomic E-state index is 0.305. The molecule has 0 aromatic carbocycles. The Morgan fingerprint density at radius 1 is 1.59 bits per heavy atom. The molecule has 0 atom stereocenters. The molecule has 2 rings (SSSR count). The minimum atomic E-state index is 0.305. The van der Waals surface area contributed by atoms with Gasteiger partial charge in [-0.2, -0.15) is 5.26 Å². The molecule has 5 heteroatoms. The highest BCUT2D eigenvalue weighted by Crippen LogP contribution is 2.21. The summed E-state index contributed by atoms with van der Waals surface area (Å²) in [5.74, 6) is 0. The minimum Gasteiger partial charge on any atom is -0.264 e. The lowest BCUT2D eigenvalue weighted by atomic mass is 10.1. The summed E-state index contributed by atoms with van der Waals surface area (Å²) in [7, 11) is 0. The van der Waals surface area contributed by atoms with Crippen LogP contribution in [0.5, 0.6) is 0 Å². The van der Waals surface area contributed by atoms with Gasteiger partial charge >= 0.3 is 0 Å².